The van der Waals surface area contributed by atoms with E-state index in [0.29, 0.717) is 39.1 Å². The van der Waals surface area contributed by atoms with Crippen molar-refractivity contribution in [2.45, 2.75) is 65.2 Å². The van der Waals surface area contributed by atoms with Crippen LogP contribution in [-0.4, -0.2) is 48.5 Å². The summed E-state index contributed by atoms with van der Waals surface area (Å²) in [5.41, 5.74) is 6.42. The molecule has 0 amide bonds. The van der Waals surface area contributed by atoms with E-state index in [0.717, 1.165) is 22.8 Å². The fraction of sp³-hybridized carbons (Fsp3) is 0.341. The summed E-state index contributed by atoms with van der Waals surface area (Å²) >= 11 is 0. The number of carbonyl (C=O) groups excluding carboxylic acids is 2. The summed E-state index contributed by atoms with van der Waals surface area (Å²) in [4.78, 5) is 27.3. The molecule has 0 aromatic heterocycles. The minimum Gasteiger partial charge on any atom is -1.00 e. The molecule has 0 aliphatic carbocycles. The molecule has 0 unspecified atom stereocenters. The fourth-order valence-corrected chi connectivity index (χ4v) is 7.66. The van der Waals surface area contributed by atoms with Crippen molar-refractivity contribution in [3.63, 3.8) is 0 Å². The van der Waals surface area contributed by atoms with Crippen molar-refractivity contribution in [2.75, 3.05) is 31.2 Å². The van der Waals surface area contributed by atoms with Crippen LogP contribution in [0, 0.1) is 0 Å². The number of benzene rings is 4. The molecule has 6 nitrogen and oxygen atoms in total. The molecule has 7 heteroatoms. The number of allylic oxidation sites excluding steroid dienone is 4. The van der Waals surface area contributed by atoms with Gasteiger partial charge in [0.25, 0.3) is 0 Å². The summed E-state index contributed by atoms with van der Waals surface area (Å²) in [6.45, 7) is 14.5. The van der Waals surface area contributed by atoms with Gasteiger partial charge in [0, 0.05) is 41.1 Å². The molecule has 0 saturated heterocycles. The second-order valence-corrected chi connectivity index (χ2v) is 13.3. The van der Waals surface area contributed by atoms with Gasteiger partial charge in [0.05, 0.1) is 25.0 Å². The highest BCUT2D eigenvalue weighted by atomic mass is 79.9. The molecular formula is C41H45BrN2O4. The molecule has 0 N–H and O–H groups in total. The Labute approximate surface area is 294 Å². The van der Waals surface area contributed by atoms with Crippen molar-refractivity contribution in [3.05, 3.63) is 108 Å². The minimum atomic E-state index is -0.312. The third-order valence-electron chi connectivity index (χ3n) is 9.71. The first-order valence-corrected chi connectivity index (χ1v) is 16.8. The van der Waals surface area contributed by atoms with Crippen LogP contribution in [0.1, 0.15) is 65.5 Å². The molecule has 0 radical (unpaired) electrons. The van der Waals surface area contributed by atoms with Crippen LogP contribution < -0.4 is 21.9 Å². The van der Waals surface area contributed by atoms with Gasteiger partial charge in [0.2, 0.25) is 5.69 Å². The molecule has 4 aromatic rings. The van der Waals surface area contributed by atoms with E-state index in [2.05, 4.69) is 128 Å². The van der Waals surface area contributed by atoms with Gasteiger partial charge in [-0.3, -0.25) is 9.59 Å². The molecule has 48 heavy (non-hydrogen) atoms. The average Bonchev–Trinajstić information content (AvgIpc) is 3.41. The van der Waals surface area contributed by atoms with Crippen molar-refractivity contribution < 1.29 is 40.6 Å². The van der Waals surface area contributed by atoms with E-state index in [1.54, 1.807) is 0 Å². The lowest BCUT2D eigenvalue weighted by Crippen LogP contribution is -3.00. The Balaban J connectivity index is 0.00000451. The van der Waals surface area contributed by atoms with Gasteiger partial charge >= 0.3 is 11.9 Å². The Hall–Kier alpha value is -4.23. The van der Waals surface area contributed by atoms with E-state index < -0.39 is 0 Å². The van der Waals surface area contributed by atoms with Crippen LogP contribution >= 0.6 is 0 Å². The first-order valence-electron chi connectivity index (χ1n) is 16.8. The Morgan fingerprint density at radius 1 is 0.750 bits per heavy atom. The second kappa shape index (κ2) is 14.1. The molecule has 0 spiro atoms. The molecule has 2 aliphatic rings. The fourth-order valence-electron chi connectivity index (χ4n) is 7.66. The lowest BCUT2D eigenvalue weighted by Gasteiger charge is -2.27. The van der Waals surface area contributed by atoms with Crippen LogP contribution in [0.3, 0.4) is 0 Å². The van der Waals surface area contributed by atoms with Crippen LogP contribution in [0.4, 0.5) is 11.4 Å². The standard InChI is InChI=1S/C41H45N2O4.BrH/c1-7-46-36(44)24-26-42-32-22-20-28-14-9-11-16-30(28)38(32)40(3,4)34(42)18-13-19-35-41(5,6)39-31-17-12-10-15-29(31)21-23-33(39)43(35)27-25-37(45)47-8-2;/h9-23H,7-8,24-27H2,1-6H3;1H/q+1;/p-1. The molecule has 4 aromatic carbocycles. The van der Waals surface area contributed by atoms with Crippen LogP contribution in [0.15, 0.2) is 96.7 Å². The monoisotopic (exact) mass is 708 g/mol. The Bertz CT molecular complexity index is 1970. The van der Waals surface area contributed by atoms with E-state index in [4.69, 9.17) is 9.47 Å². The summed E-state index contributed by atoms with van der Waals surface area (Å²) < 4.78 is 12.9. The molecule has 2 heterocycles. The molecule has 2 aliphatic heterocycles. The molecule has 0 atom stereocenters. The minimum absolute atomic E-state index is 0. The van der Waals surface area contributed by atoms with Crippen molar-refractivity contribution in [3.8, 4) is 0 Å². The van der Waals surface area contributed by atoms with E-state index >= 15 is 0 Å². The van der Waals surface area contributed by atoms with Gasteiger partial charge in [-0.1, -0.05) is 74.5 Å². The molecular weight excluding hydrogens is 664 g/mol. The lowest BCUT2D eigenvalue weighted by atomic mass is 9.79. The average molecular weight is 710 g/mol. The topological polar surface area (TPSA) is 58.8 Å². The van der Waals surface area contributed by atoms with Crippen molar-refractivity contribution in [1.82, 2.24) is 0 Å². The number of hydrogen-bond acceptors (Lipinski definition) is 5. The molecule has 0 fully saturated rings. The Morgan fingerprint density at radius 3 is 1.98 bits per heavy atom. The summed E-state index contributed by atoms with van der Waals surface area (Å²) in [5.74, 6) is -0.389. The summed E-state index contributed by atoms with van der Waals surface area (Å²) in [6, 6.07) is 25.7. The second-order valence-electron chi connectivity index (χ2n) is 13.3. The van der Waals surface area contributed by atoms with Gasteiger partial charge in [0.15, 0.2) is 12.3 Å². The maximum Gasteiger partial charge on any atom is 0.312 e. The highest BCUT2D eigenvalue weighted by Gasteiger charge is 2.46. The highest BCUT2D eigenvalue weighted by molar-refractivity contribution is 6.07. The number of anilines is 1. The number of esters is 2. The highest BCUT2D eigenvalue weighted by Crippen LogP contribution is 2.51. The van der Waals surface area contributed by atoms with E-state index in [9.17, 15) is 9.59 Å². The van der Waals surface area contributed by atoms with Gasteiger partial charge in [-0.2, -0.15) is 4.58 Å². The number of nitrogens with zero attached hydrogens (tertiary/aromatic N) is 2. The predicted octanol–water partition coefficient (Wildman–Crippen LogP) is 5.52. The summed E-state index contributed by atoms with van der Waals surface area (Å²) in [7, 11) is 0. The Kier molecular flexibility index (Phi) is 10.3. The summed E-state index contributed by atoms with van der Waals surface area (Å²) in [5, 5.41) is 4.85. The quantitative estimate of drug-likeness (QED) is 0.161. The van der Waals surface area contributed by atoms with Crippen molar-refractivity contribution >= 4 is 50.6 Å². The number of halogens is 1. The van der Waals surface area contributed by atoms with Crippen LogP contribution in [0.5, 0.6) is 0 Å². The first kappa shape index (κ1) is 35.1. The first-order chi connectivity index (χ1) is 22.6. The van der Waals surface area contributed by atoms with Crippen LogP contribution in [0.2, 0.25) is 0 Å². The molecule has 0 bridgehead atoms. The smallest absolute Gasteiger partial charge is 0.312 e. The zero-order valence-electron chi connectivity index (χ0n) is 28.8. The van der Waals surface area contributed by atoms with Crippen LogP contribution in [0.25, 0.3) is 21.5 Å². The van der Waals surface area contributed by atoms with Crippen molar-refractivity contribution in [1.29, 1.82) is 0 Å². The van der Waals surface area contributed by atoms with Gasteiger partial charge in [-0.05, 0) is 73.0 Å². The third kappa shape index (κ3) is 6.21. The number of ether oxygens (including phenoxy) is 2. The van der Waals surface area contributed by atoms with E-state index in [-0.39, 0.29) is 39.8 Å². The van der Waals surface area contributed by atoms with Crippen molar-refractivity contribution in [2.24, 2.45) is 0 Å². The zero-order valence-corrected chi connectivity index (χ0v) is 30.4. The van der Waals surface area contributed by atoms with Gasteiger partial charge in [-0.15, -0.1) is 0 Å². The van der Waals surface area contributed by atoms with Gasteiger partial charge in [-0.25, -0.2) is 0 Å². The van der Waals surface area contributed by atoms with E-state index in [1.807, 2.05) is 13.8 Å². The maximum absolute atomic E-state index is 12.5. The third-order valence-corrected chi connectivity index (χ3v) is 9.71. The normalized spacial score (nSPS) is 16.8. The number of rotatable bonds is 10. The molecule has 6 rings (SSSR count). The number of carbonyl (C=O) groups is 2. The van der Waals surface area contributed by atoms with Gasteiger partial charge < -0.3 is 31.4 Å². The SMILES string of the molecule is CCOC(=O)CCN1/C(=C\C=C\C2=[N+](CCC(=O)OCC)c3ccc4ccccc4c3C2(C)C)C(C)(C)c2c1ccc1ccccc21.[Br-]. The number of hydrogen-bond donors (Lipinski definition) is 0. The summed E-state index contributed by atoms with van der Waals surface area (Å²) in [6.07, 6.45) is 7.14. The number of fused-ring (bicyclic) bond motifs is 6. The van der Waals surface area contributed by atoms with Gasteiger partial charge in [0.1, 0.15) is 6.42 Å². The largest absolute Gasteiger partial charge is 1.00 e. The van der Waals surface area contributed by atoms with E-state index in [1.165, 1.54) is 32.7 Å². The predicted molar refractivity (Wildman–Crippen MR) is 191 cm³/mol. The molecule has 0 saturated carbocycles. The van der Waals surface area contributed by atoms with Crippen LogP contribution in [-0.2, 0) is 29.9 Å². The molecule has 250 valence electrons. The maximum atomic E-state index is 12.5. The Morgan fingerprint density at radius 2 is 1.33 bits per heavy atom. The zero-order chi connectivity index (χ0) is 33.3. The lowest BCUT2D eigenvalue weighted by molar-refractivity contribution is -0.436.